The molecule has 7 nitrogen and oxygen atoms in total. The van der Waals surface area contributed by atoms with Crippen molar-refractivity contribution in [3.8, 4) is 5.75 Å². The molecule has 0 bridgehead atoms. The Labute approximate surface area is 164 Å². The summed E-state index contributed by atoms with van der Waals surface area (Å²) in [5.41, 5.74) is 2.06. The molecule has 1 atom stereocenters. The number of fused-ring (bicyclic) bond motifs is 1. The number of aromatic nitrogens is 3. The molecule has 146 valence electrons. The first-order valence-electron chi connectivity index (χ1n) is 9.59. The van der Waals surface area contributed by atoms with Crippen LogP contribution in [0.5, 0.6) is 5.75 Å². The molecule has 0 saturated carbocycles. The molecule has 1 N–H and O–H groups in total. The van der Waals surface area contributed by atoms with Crippen LogP contribution < -0.4 is 10.1 Å². The van der Waals surface area contributed by atoms with Crippen LogP contribution in [-0.2, 0) is 0 Å². The lowest BCUT2D eigenvalue weighted by Crippen LogP contribution is -2.28. The van der Waals surface area contributed by atoms with Gasteiger partial charge in [0.25, 0.3) is 5.91 Å². The Morgan fingerprint density at radius 2 is 1.96 bits per heavy atom. The Kier molecular flexibility index (Phi) is 5.00. The standard InChI is InChI=1S/C21H25N5O2/c1-14(2)25-11-10-15(12-25)20-24-23-19-9-4-16(13-26(19)20)21(27)22-17-5-7-18(28-3)8-6-17/h4-9,13-15H,10-12H2,1-3H3,(H,22,27)/t15-/m1/s1. The predicted molar refractivity (Wildman–Crippen MR) is 108 cm³/mol. The van der Waals surface area contributed by atoms with Crippen molar-refractivity contribution >= 4 is 17.2 Å². The highest BCUT2D eigenvalue weighted by molar-refractivity contribution is 6.04. The summed E-state index contributed by atoms with van der Waals surface area (Å²) >= 11 is 0. The van der Waals surface area contributed by atoms with E-state index in [0.29, 0.717) is 17.5 Å². The van der Waals surface area contributed by atoms with Gasteiger partial charge in [0.1, 0.15) is 11.6 Å². The predicted octanol–water partition coefficient (Wildman–Crippen LogP) is 3.19. The third-order valence-electron chi connectivity index (χ3n) is 5.35. The van der Waals surface area contributed by atoms with Crippen LogP contribution in [0.3, 0.4) is 0 Å². The smallest absolute Gasteiger partial charge is 0.257 e. The van der Waals surface area contributed by atoms with Gasteiger partial charge in [0.05, 0.1) is 12.7 Å². The Balaban J connectivity index is 1.56. The summed E-state index contributed by atoms with van der Waals surface area (Å²) in [6.45, 7) is 6.47. The molecule has 4 rings (SSSR count). The number of carbonyl (C=O) groups is 1. The second-order valence-electron chi connectivity index (χ2n) is 7.46. The van der Waals surface area contributed by atoms with Crippen LogP contribution in [0.15, 0.2) is 42.6 Å². The molecule has 0 aliphatic carbocycles. The van der Waals surface area contributed by atoms with Crippen LogP contribution in [0, 0.1) is 0 Å². The van der Waals surface area contributed by atoms with Crippen LogP contribution in [0.25, 0.3) is 5.65 Å². The molecule has 0 spiro atoms. The maximum absolute atomic E-state index is 12.7. The molecule has 1 fully saturated rings. The number of carbonyl (C=O) groups excluding carboxylic acids is 1. The minimum atomic E-state index is -0.165. The van der Waals surface area contributed by atoms with Crippen molar-refractivity contribution in [3.63, 3.8) is 0 Å². The normalized spacial score (nSPS) is 17.4. The number of ether oxygens (including phenoxy) is 1. The number of anilines is 1. The molecule has 3 aromatic rings. The highest BCUT2D eigenvalue weighted by Crippen LogP contribution is 2.27. The van der Waals surface area contributed by atoms with E-state index in [1.165, 1.54) is 0 Å². The second-order valence-corrected chi connectivity index (χ2v) is 7.46. The van der Waals surface area contributed by atoms with Gasteiger partial charge in [-0.1, -0.05) is 0 Å². The van der Waals surface area contributed by atoms with E-state index in [9.17, 15) is 4.79 Å². The van der Waals surface area contributed by atoms with E-state index in [1.807, 2.05) is 40.9 Å². The zero-order valence-electron chi connectivity index (χ0n) is 16.4. The molecule has 2 aromatic heterocycles. The van der Waals surface area contributed by atoms with Crippen LogP contribution in [0.1, 0.15) is 42.4 Å². The first-order chi connectivity index (χ1) is 13.5. The average molecular weight is 379 g/mol. The minimum absolute atomic E-state index is 0.165. The lowest BCUT2D eigenvalue weighted by Gasteiger charge is -2.19. The topological polar surface area (TPSA) is 71.8 Å². The average Bonchev–Trinajstić information content (AvgIpc) is 3.35. The van der Waals surface area contributed by atoms with Crippen LogP contribution in [0.4, 0.5) is 5.69 Å². The summed E-state index contributed by atoms with van der Waals surface area (Å²) in [4.78, 5) is 15.2. The van der Waals surface area contributed by atoms with Gasteiger partial charge in [-0.2, -0.15) is 0 Å². The zero-order valence-corrected chi connectivity index (χ0v) is 16.4. The van der Waals surface area contributed by atoms with Crippen LogP contribution in [0.2, 0.25) is 0 Å². The van der Waals surface area contributed by atoms with E-state index in [2.05, 4.69) is 34.3 Å². The third-order valence-corrected chi connectivity index (χ3v) is 5.35. The minimum Gasteiger partial charge on any atom is -0.497 e. The van der Waals surface area contributed by atoms with Crippen molar-refractivity contribution in [1.82, 2.24) is 19.5 Å². The number of hydrogen-bond acceptors (Lipinski definition) is 5. The number of rotatable bonds is 5. The number of amides is 1. The van der Waals surface area contributed by atoms with Crippen molar-refractivity contribution in [2.45, 2.75) is 32.2 Å². The van der Waals surface area contributed by atoms with Gasteiger partial charge in [-0.15, -0.1) is 10.2 Å². The highest BCUT2D eigenvalue weighted by Gasteiger charge is 2.29. The van der Waals surface area contributed by atoms with E-state index in [1.54, 1.807) is 13.2 Å². The molecule has 0 radical (unpaired) electrons. The number of nitrogens with one attached hydrogen (secondary N) is 1. The summed E-state index contributed by atoms with van der Waals surface area (Å²) in [6.07, 6.45) is 2.89. The zero-order chi connectivity index (χ0) is 19.7. The Morgan fingerprint density at radius 1 is 1.18 bits per heavy atom. The van der Waals surface area contributed by atoms with E-state index in [4.69, 9.17) is 4.74 Å². The summed E-state index contributed by atoms with van der Waals surface area (Å²) < 4.78 is 7.10. The summed E-state index contributed by atoms with van der Waals surface area (Å²) in [5, 5.41) is 11.6. The molecule has 1 aromatic carbocycles. The molecule has 0 unspecified atom stereocenters. The van der Waals surface area contributed by atoms with E-state index < -0.39 is 0 Å². The van der Waals surface area contributed by atoms with Crippen molar-refractivity contribution in [2.75, 3.05) is 25.5 Å². The molecule has 1 saturated heterocycles. The highest BCUT2D eigenvalue weighted by atomic mass is 16.5. The number of likely N-dealkylation sites (tertiary alicyclic amines) is 1. The maximum atomic E-state index is 12.7. The largest absolute Gasteiger partial charge is 0.497 e. The molecule has 1 aliphatic heterocycles. The maximum Gasteiger partial charge on any atom is 0.257 e. The van der Waals surface area contributed by atoms with Crippen molar-refractivity contribution in [1.29, 1.82) is 0 Å². The lowest BCUT2D eigenvalue weighted by molar-refractivity contribution is 0.102. The molecule has 28 heavy (non-hydrogen) atoms. The molecular weight excluding hydrogens is 354 g/mol. The first kappa shape index (κ1) is 18.4. The number of hydrogen-bond donors (Lipinski definition) is 1. The van der Waals surface area contributed by atoms with Gasteiger partial charge in [-0.25, -0.2) is 0 Å². The molecule has 1 aliphatic rings. The molecular formula is C21H25N5O2. The van der Waals surface area contributed by atoms with Crippen LogP contribution in [-0.4, -0.2) is 51.6 Å². The van der Waals surface area contributed by atoms with Crippen molar-refractivity contribution in [3.05, 3.63) is 54.0 Å². The first-order valence-corrected chi connectivity index (χ1v) is 9.59. The summed E-state index contributed by atoms with van der Waals surface area (Å²) in [7, 11) is 1.62. The van der Waals surface area contributed by atoms with Gasteiger partial charge in [-0.05, 0) is 63.2 Å². The third kappa shape index (κ3) is 3.57. The number of nitrogens with zero attached hydrogens (tertiary/aromatic N) is 4. The number of methoxy groups -OCH3 is 1. The van der Waals surface area contributed by atoms with E-state index in [0.717, 1.165) is 42.4 Å². The molecule has 3 heterocycles. The molecule has 7 heteroatoms. The Hall–Kier alpha value is -2.93. The van der Waals surface area contributed by atoms with Crippen molar-refractivity contribution < 1.29 is 9.53 Å². The molecule has 1 amide bonds. The second kappa shape index (κ2) is 7.59. The summed E-state index contributed by atoms with van der Waals surface area (Å²) in [5.74, 6) is 1.84. The quantitative estimate of drug-likeness (QED) is 0.737. The Bertz CT molecular complexity index is 980. The SMILES string of the molecule is COc1ccc(NC(=O)c2ccc3nnc([C@@H]4CCN(C(C)C)C4)n3c2)cc1. The fourth-order valence-corrected chi connectivity index (χ4v) is 3.67. The lowest BCUT2D eigenvalue weighted by atomic mass is 10.1. The van der Waals surface area contributed by atoms with Gasteiger partial charge >= 0.3 is 0 Å². The van der Waals surface area contributed by atoms with E-state index in [-0.39, 0.29) is 5.91 Å². The van der Waals surface area contributed by atoms with Crippen molar-refractivity contribution in [2.24, 2.45) is 0 Å². The summed E-state index contributed by atoms with van der Waals surface area (Å²) in [6, 6.07) is 11.4. The fraction of sp³-hybridized carbons (Fsp3) is 0.381. The van der Waals surface area contributed by atoms with Gasteiger partial charge in [-0.3, -0.25) is 9.20 Å². The number of benzene rings is 1. The van der Waals surface area contributed by atoms with Gasteiger partial charge < -0.3 is 15.0 Å². The van der Waals surface area contributed by atoms with Gasteiger partial charge in [0.2, 0.25) is 0 Å². The van der Waals surface area contributed by atoms with E-state index >= 15 is 0 Å². The van der Waals surface area contributed by atoms with Gasteiger partial charge in [0, 0.05) is 30.4 Å². The fourth-order valence-electron chi connectivity index (χ4n) is 3.67. The van der Waals surface area contributed by atoms with Gasteiger partial charge in [0.15, 0.2) is 5.65 Å². The number of pyridine rings is 1. The Morgan fingerprint density at radius 3 is 2.64 bits per heavy atom. The monoisotopic (exact) mass is 379 g/mol. The van der Waals surface area contributed by atoms with Crippen LogP contribution >= 0.6 is 0 Å².